The van der Waals surface area contributed by atoms with Gasteiger partial charge < -0.3 is 14.4 Å². The van der Waals surface area contributed by atoms with Crippen molar-refractivity contribution in [1.29, 1.82) is 0 Å². The van der Waals surface area contributed by atoms with Gasteiger partial charge in [0.1, 0.15) is 5.60 Å². The predicted molar refractivity (Wildman–Crippen MR) is 70.7 cm³/mol. The Bertz CT molecular complexity index is 384. The Hall–Kier alpha value is -0.940. The molecule has 108 valence electrons. The van der Waals surface area contributed by atoms with Crippen molar-refractivity contribution in [3.05, 3.63) is 11.7 Å². The van der Waals surface area contributed by atoms with Gasteiger partial charge >= 0.3 is 0 Å². The van der Waals surface area contributed by atoms with Gasteiger partial charge in [-0.15, -0.1) is 0 Å². The second-order valence-electron chi connectivity index (χ2n) is 5.39. The Morgan fingerprint density at radius 3 is 2.58 bits per heavy atom. The first-order valence-corrected chi connectivity index (χ1v) is 7.26. The van der Waals surface area contributed by atoms with Crippen LogP contribution in [0.2, 0.25) is 0 Å². The monoisotopic (exact) mass is 268 g/mol. The standard InChI is InChI=1S/C14H24N2O3/c1-3-11(17)10-12-15-13(16-19-12)14(18-2)8-6-4-5-7-9-14/h11,17H,3-10H2,1-2H3. The highest BCUT2D eigenvalue weighted by Gasteiger charge is 2.37. The van der Waals surface area contributed by atoms with Crippen LogP contribution < -0.4 is 0 Å². The van der Waals surface area contributed by atoms with Crippen molar-refractivity contribution < 1.29 is 14.4 Å². The SMILES string of the molecule is CCC(O)Cc1nc(C2(OC)CCCCCC2)no1. The lowest BCUT2D eigenvalue weighted by Crippen LogP contribution is -2.29. The molecule has 2 rings (SSSR count). The van der Waals surface area contributed by atoms with E-state index in [9.17, 15) is 5.11 Å². The Balaban J connectivity index is 2.14. The lowest BCUT2D eigenvalue weighted by atomic mass is 9.93. The number of ether oxygens (including phenoxy) is 1. The third-order valence-electron chi connectivity index (χ3n) is 4.06. The van der Waals surface area contributed by atoms with Crippen molar-refractivity contribution in [3.8, 4) is 0 Å². The van der Waals surface area contributed by atoms with Gasteiger partial charge in [-0.1, -0.05) is 37.8 Å². The van der Waals surface area contributed by atoms with Crippen LogP contribution in [0, 0.1) is 0 Å². The molecule has 0 saturated heterocycles. The lowest BCUT2D eigenvalue weighted by molar-refractivity contribution is -0.0365. The number of hydrogen-bond acceptors (Lipinski definition) is 5. The van der Waals surface area contributed by atoms with Crippen LogP contribution in [0.15, 0.2) is 4.52 Å². The number of aliphatic hydroxyl groups is 1. The molecule has 1 unspecified atom stereocenters. The molecule has 0 aromatic carbocycles. The summed E-state index contributed by atoms with van der Waals surface area (Å²) in [6.45, 7) is 1.93. The molecular weight excluding hydrogens is 244 g/mol. The van der Waals surface area contributed by atoms with Gasteiger partial charge in [-0.3, -0.25) is 0 Å². The van der Waals surface area contributed by atoms with E-state index < -0.39 is 11.7 Å². The minimum atomic E-state index is -0.416. The van der Waals surface area contributed by atoms with Crippen LogP contribution in [0.1, 0.15) is 63.6 Å². The summed E-state index contributed by atoms with van der Waals surface area (Å²) in [5.41, 5.74) is -0.393. The number of hydrogen-bond donors (Lipinski definition) is 1. The number of aliphatic hydroxyl groups excluding tert-OH is 1. The summed E-state index contributed by atoms with van der Waals surface area (Å²) in [6.07, 6.45) is 7.33. The summed E-state index contributed by atoms with van der Waals surface area (Å²) in [4.78, 5) is 4.44. The van der Waals surface area contributed by atoms with E-state index in [0.717, 1.165) is 25.7 Å². The zero-order valence-electron chi connectivity index (χ0n) is 11.9. The minimum Gasteiger partial charge on any atom is -0.393 e. The molecule has 0 bridgehead atoms. The fourth-order valence-corrected chi connectivity index (χ4v) is 2.69. The summed E-state index contributed by atoms with van der Waals surface area (Å²) in [5, 5.41) is 13.7. The highest BCUT2D eigenvalue weighted by atomic mass is 16.5. The zero-order valence-corrected chi connectivity index (χ0v) is 11.9. The van der Waals surface area contributed by atoms with Crippen LogP contribution in [-0.4, -0.2) is 28.5 Å². The maximum absolute atomic E-state index is 9.64. The van der Waals surface area contributed by atoms with E-state index in [1.165, 1.54) is 12.8 Å². The van der Waals surface area contributed by atoms with E-state index in [2.05, 4.69) is 10.1 Å². The number of methoxy groups -OCH3 is 1. The van der Waals surface area contributed by atoms with Gasteiger partial charge in [-0.05, 0) is 19.3 Å². The lowest BCUT2D eigenvalue weighted by Gasteiger charge is -2.27. The fraction of sp³-hybridized carbons (Fsp3) is 0.857. The van der Waals surface area contributed by atoms with Crippen molar-refractivity contribution in [2.75, 3.05) is 7.11 Å². The molecule has 0 radical (unpaired) electrons. The molecule has 1 aliphatic carbocycles. The molecule has 1 N–H and O–H groups in total. The van der Waals surface area contributed by atoms with E-state index in [-0.39, 0.29) is 0 Å². The summed E-state index contributed by atoms with van der Waals surface area (Å²) in [5.74, 6) is 1.15. The second-order valence-corrected chi connectivity index (χ2v) is 5.39. The number of aromatic nitrogens is 2. The van der Waals surface area contributed by atoms with Crippen LogP contribution in [0.5, 0.6) is 0 Å². The second kappa shape index (κ2) is 6.48. The van der Waals surface area contributed by atoms with E-state index in [0.29, 0.717) is 24.6 Å². The largest absolute Gasteiger partial charge is 0.393 e. The molecular formula is C14H24N2O3. The smallest absolute Gasteiger partial charge is 0.229 e. The van der Waals surface area contributed by atoms with Crippen molar-refractivity contribution in [1.82, 2.24) is 10.1 Å². The highest BCUT2D eigenvalue weighted by Crippen LogP contribution is 2.37. The van der Waals surface area contributed by atoms with Crippen LogP contribution >= 0.6 is 0 Å². The summed E-state index contributed by atoms with van der Waals surface area (Å²) in [7, 11) is 1.72. The summed E-state index contributed by atoms with van der Waals surface area (Å²) in [6, 6.07) is 0. The quantitative estimate of drug-likeness (QED) is 0.831. The third kappa shape index (κ3) is 3.34. The van der Waals surface area contributed by atoms with Gasteiger partial charge in [0.2, 0.25) is 11.7 Å². The average molecular weight is 268 g/mol. The molecule has 1 aliphatic rings. The Kier molecular flexibility index (Phi) is 4.93. The van der Waals surface area contributed by atoms with Gasteiger partial charge in [0.15, 0.2) is 0 Å². The molecule has 0 amide bonds. The Morgan fingerprint density at radius 2 is 2.00 bits per heavy atom. The van der Waals surface area contributed by atoms with Crippen molar-refractivity contribution >= 4 is 0 Å². The Morgan fingerprint density at radius 1 is 1.32 bits per heavy atom. The molecule has 19 heavy (non-hydrogen) atoms. The van der Waals surface area contributed by atoms with E-state index in [4.69, 9.17) is 9.26 Å². The first-order chi connectivity index (χ1) is 9.20. The van der Waals surface area contributed by atoms with Gasteiger partial charge in [0.05, 0.1) is 12.5 Å². The summed E-state index contributed by atoms with van der Waals surface area (Å²) < 4.78 is 11.0. The molecule has 1 fully saturated rings. The molecule has 0 aliphatic heterocycles. The summed E-state index contributed by atoms with van der Waals surface area (Å²) >= 11 is 0. The average Bonchev–Trinajstić information content (AvgIpc) is 2.76. The van der Waals surface area contributed by atoms with Crippen LogP contribution in [0.25, 0.3) is 0 Å². The molecule has 1 atom stereocenters. The maximum Gasteiger partial charge on any atom is 0.229 e. The predicted octanol–water partition coefficient (Wildman–Crippen LogP) is 2.58. The molecule has 0 spiro atoms. The first-order valence-electron chi connectivity index (χ1n) is 7.26. The molecule has 1 aromatic heterocycles. The fourth-order valence-electron chi connectivity index (χ4n) is 2.69. The molecule has 1 aromatic rings. The van der Waals surface area contributed by atoms with Gasteiger partial charge in [-0.25, -0.2) is 0 Å². The zero-order chi connectivity index (χ0) is 13.7. The van der Waals surface area contributed by atoms with Crippen molar-refractivity contribution in [2.45, 2.75) is 70.0 Å². The van der Waals surface area contributed by atoms with Gasteiger partial charge in [0.25, 0.3) is 0 Å². The van der Waals surface area contributed by atoms with Gasteiger partial charge in [-0.2, -0.15) is 4.98 Å². The van der Waals surface area contributed by atoms with Gasteiger partial charge in [0, 0.05) is 7.11 Å². The van der Waals surface area contributed by atoms with E-state index in [1.54, 1.807) is 7.11 Å². The molecule has 5 nitrogen and oxygen atoms in total. The minimum absolute atomic E-state index is 0.393. The van der Waals surface area contributed by atoms with Crippen LogP contribution in [-0.2, 0) is 16.8 Å². The first kappa shape index (κ1) is 14.5. The molecule has 1 heterocycles. The third-order valence-corrected chi connectivity index (χ3v) is 4.06. The Labute approximate surface area is 114 Å². The van der Waals surface area contributed by atoms with Crippen molar-refractivity contribution in [2.24, 2.45) is 0 Å². The maximum atomic E-state index is 9.64. The van der Waals surface area contributed by atoms with E-state index in [1.807, 2.05) is 6.92 Å². The molecule has 1 saturated carbocycles. The molecule has 5 heteroatoms. The highest BCUT2D eigenvalue weighted by molar-refractivity contribution is 5.03. The van der Waals surface area contributed by atoms with E-state index >= 15 is 0 Å². The van der Waals surface area contributed by atoms with Crippen molar-refractivity contribution in [3.63, 3.8) is 0 Å². The van der Waals surface area contributed by atoms with Crippen LogP contribution in [0.4, 0.5) is 0 Å². The topological polar surface area (TPSA) is 68.4 Å². The normalized spacial score (nSPS) is 21.0. The number of rotatable bonds is 5. The number of nitrogens with zero attached hydrogens (tertiary/aromatic N) is 2. The van der Waals surface area contributed by atoms with Crippen LogP contribution in [0.3, 0.4) is 0 Å².